The molecule has 0 heterocycles. The van der Waals surface area contributed by atoms with E-state index in [9.17, 15) is 9.59 Å². The lowest BCUT2D eigenvalue weighted by atomic mass is 10.0. The Morgan fingerprint density at radius 1 is 1.14 bits per heavy atom. The summed E-state index contributed by atoms with van der Waals surface area (Å²) in [6.07, 6.45) is 0. The second kappa shape index (κ2) is 5.64. The van der Waals surface area contributed by atoms with Gasteiger partial charge in [0.05, 0.1) is 11.6 Å². The Labute approximate surface area is 129 Å². The van der Waals surface area contributed by atoms with Crippen LogP contribution >= 0.6 is 0 Å². The minimum Gasteiger partial charge on any atom is -0.376 e. The van der Waals surface area contributed by atoms with Crippen LogP contribution in [0.5, 0.6) is 0 Å². The van der Waals surface area contributed by atoms with E-state index in [2.05, 4.69) is 11.4 Å². The van der Waals surface area contributed by atoms with Gasteiger partial charge in [-0.15, -0.1) is 0 Å². The van der Waals surface area contributed by atoms with E-state index in [1.165, 1.54) is 0 Å². The maximum absolute atomic E-state index is 11.8. The Morgan fingerprint density at radius 3 is 2.23 bits per heavy atom. The summed E-state index contributed by atoms with van der Waals surface area (Å²) in [6.45, 7) is 6.37. The van der Waals surface area contributed by atoms with E-state index in [-0.39, 0.29) is 5.54 Å². The molecule has 22 heavy (non-hydrogen) atoms. The average molecular weight is 297 g/mol. The molecule has 2 aromatic rings. The van der Waals surface area contributed by atoms with Crippen molar-refractivity contribution in [2.45, 2.75) is 32.9 Å². The summed E-state index contributed by atoms with van der Waals surface area (Å²) in [7, 11) is 1.81. The zero-order chi connectivity index (χ0) is 16.5. The van der Waals surface area contributed by atoms with Gasteiger partial charge in [-0.3, -0.25) is 9.59 Å². The highest BCUT2D eigenvalue weighted by atomic mass is 16.2. The van der Waals surface area contributed by atoms with Crippen molar-refractivity contribution >= 4 is 11.4 Å². The lowest BCUT2D eigenvalue weighted by Gasteiger charge is -2.35. The van der Waals surface area contributed by atoms with E-state index in [0.717, 1.165) is 5.56 Å². The van der Waals surface area contributed by atoms with Gasteiger partial charge in [0.2, 0.25) is 0 Å². The molecule has 2 rings (SSSR count). The first-order valence-corrected chi connectivity index (χ1v) is 7.05. The van der Waals surface area contributed by atoms with Crippen LogP contribution in [0.3, 0.4) is 0 Å². The van der Waals surface area contributed by atoms with Crippen LogP contribution in [0.4, 0.5) is 11.4 Å². The first-order chi connectivity index (χ1) is 10.3. The first kappa shape index (κ1) is 15.8. The Kier molecular flexibility index (Phi) is 4.05. The summed E-state index contributed by atoms with van der Waals surface area (Å²) < 4.78 is 0. The molecule has 0 bridgehead atoms. The summed E-state index contributed by atoms with van der Waals surface area (Å²) in [4.78, 5) is 25.4. The quantitative estimate of drug-likeness (QED) is 0.874. The van der Waals surface area contributed by atoms with E-state index in [1.807, 2.05) is 44.9 Å². The van der Waals surface area contributed by atoms with Crippen molar-refractivity contribution in [3.63, 3.8) is 0 Å². The molecule has 5 nitrogen and oxygen atoms in total. The van der Waals surface area contributed by atoms with Crippen LogP contribution in [0, 0.1) is 11.3 Å². The molecule has 0 aromatic heterocycles. The molecule has 2 aromatic carbocycles. The number of anilines is 2. The van der Waals surface area contributed by atoms with E-state index in [4.69, 9.17) is 5.26 Å². The molecule has 5 heteroatoms. The standard InChI is InChI=1S/C17H19N3O2/c1-17(2,3)20(4)14-13(15(21)16(14)22)19-10-12-7-5-11(9-18)6-8-12/h5-8,19H,10H2,1-4H3. The Balaban J connectivity index is 2.17. The van der Waals surface area contributed by atoms with Crippen molar-refractivity contribution in [3.05, 3.63) is 55.8 Å². The molecule has 0 fully saturated rings. The predicted molar refractivity (Wildman–Crippen MR) is 88.0 cm³/mol. The molecule has 0 aliphatic heterocycles. The van der Waals surface area contributed by atoms with Crippen LogP contribution in [0.15, 0.2) is 33.9 Å². The molecule has 1 N–H and O–H groups in total. The Morgan fingerprint density at radius 2 is 1.73 bits per heavy atom. The van der Waals surface area contributed by atoms with E-state index < -0.39 is 10.9 Å². The van der Waals surface area contributed by atoms with Gasteiger partial charge in [0.25, 0.3) is 10.9 Å². The van der Waals surface area contributed by atoms with Crippen molar-refractivity contribution in [2.75, 3.05) is 17.3 Å². The third kappa shape index (κ3) is 2.86. The SMILES string of the molecule is CN(c1c(NCc2ccc(C#N)cc2)c(=O)c1=O)C(C)(C)C. The van der Waals surface area contributed by atoms with Gasteiger partial charge in [-0.05, 0) is 38.5 Å². The highest BCUT2D eigenvalue weighted by Crippen LogP contribution is 2.25. The van der Waals surface area contributed by atoms with Crippen molar-refractivity contribution in [3.8, 4) is 6.07 Å². The summed E-state index contributed by atoms with van der Waals surface area (Å²) in [5.74, 6) is 0. The van der Waals surface area contributed by atoms with Gasteiger partial charge in [-0.25, -0.2) is 0 Å². The fraction of sp³-hybridized carbons (Fsp3) is 0.353. The maximum Gasteiger partial charge on any atom is 0.253 e. The van der Waals surface area contributed by atoms with Crippen LogP contribution in [0.1, 0.15) is 31.9 Å². The monoisotopic (exact) mass is 297 g/mol. The minimum atomic E-state index is -0.472. The summed E-state index contributed by atoms with van der Waals surface area (Å²) in [5.41, 5.74) is 1.17. The first-order valence-electron chi connectivity index (χ1n) is 7.05. The number of nitrogens with zero attached hydrogens (tertiary/aromatic N) is 2. The lowest BCUT2D eigenvalue weighted by Crippen LogP contribution is -2.48. The molecule has 0 spiro atoms. The van der Waals surface area contributed by atoms with Gasteiger partial charge in [0.1, 0.15) is 11.4 Å². The molecular formula is C17H19N3O2. The number of nitrogens with one attached hydrogen (secondary N) is 1. The molecule has 114 valence electrons. The Hall–Kier alpha value is -2.61. The normalized spacial score (nSPS) is 11.2. The van der Waals surface area contributed by atoms with Gasteiger partial charge in [0, 0.05) is 19.1 Å². The number of hydrogen-bond acceptors (Lipinski definition) is 5. The number of hydrogen-bond donors (Lipinski definition) is 1. The highest BCUT2D eigenvalue weighted by Gasteiger charge is 2.29. The maximum atomic E-state index is 11.8. The van der Waals surface area contributed by atoms with Crippen LogP contribution in [0.25, 0.3) is 0 Å². The molecular weight excluding hydrogens is 278 g/mol. The number of rotatable bonds is 4. The second-order valence-corrected chi connectivity index (χ2v) is 6.27. The van der Waals surface area contributed by atoms with Gasteiger partial charge < -0.3 is 10.2 Å². The van der Waals surface area contributed by atoms with Gasteiger partial charge >= 0.3 is 0 Å². The van der Waals surface area contributed by atoms with E-state index in [1.54, 1.807) is 12.1 Å². The lowest BCUT2D eigenvalue weighted by molar-refractivity contribution is 0.536. The molecule has 0 saturated heterocycles. The van der Waals surface area contributed by atoms with E-state index in [0.29, 0.717) is 23.5 Å². The van der Waals surface area contributed by atoms with Gasteiger partial charge in [0.15, 0.2) is 0 Å². The van der Waals surface area contributed by atoms with Crippen molar-refractivity contribution in [1.29, 1.82) is 5.26 Å². The molecule has 0 saturated carbocycles. The molecule has 0 atom stereocenters. The van der Waals surface area contributed by atoms with Gasteiger partial charge in [-0.1, -0.05) is 12.1 Å². The topological polar surface area (TPSA) is 73.2 Å². The molecule has 0 unspecified atom stereocenters. The zero-order valence-electron chi connectivity index (χ0n) is 13.2. The minimum absolute atomic E-state index is 0.243. The molecule has 0 radical (unpaired) electrons. The third-order valence-corrected chi connectivity index (χ3v) is 3.78. The Bertz CT molecular complexity index is 785. The average Bonchev–Trinajstić information content (AvgIpc) is 2.49. The predicted octanol–water partition coefficient (Wildman–Crippen LogP) is 2.00. The van der Waals surface area contributed by atoms with Crippen molar-refractivity contribution in [2.24, 2.45) is 0 Å². The van der Waals surface area contributed by atoms with Crippen LogP contribution in [-0.4, -0.2) is 12.6 Å². The van der Waals surface area contributed by atoms with Gasteiger partial charge in [-0.2, -0.15) is 5.26 Å². The highest BCUT2D eigenvalue weighted by molar-refractivity contribution is 5.75. The van der Waals surface area contributed by atoms with Crippen LogP contribution in [0.2, 0.25) is 0 Å². The second-order valence-electron chi connectivity index (χ2n) is 6.27. The summed E-state index contributed by atoms with van der Waals surface area (Å²) in [6, 6.07) is 9.15. The third-order valence-electron chi connectivity index (χ3n) is 3.78. The molecule has 0 aliphatic carbocycles. The summed E-state index contributed by atoms with van der Waals surface area (Å²) >= 11 is 0. The smallest absolute Gasteiger partial charge is 0.253 e. The van der Waals surface area contributed by atoms with Crippen LogP contribution < -0.4 is 21.1 Å². The van der Waals surface area contributed by atoms with Crippen LogP contribution in [-0.2, 0) is 6.54 Å². The number of benzene rings is 1. The fourth-order valence-electron chi connectivity index (χ4n) is 2.09. The largest absolute Gasteiger partial charge is 0.376 e. The number of nitriles is 1. The molecule has 0 amide bonds. The van der Waals surface area contributed by atoms with Crippen molar-refractivity contribution < 1.29 is 0 Å². The zero-order valence-corrected chi connectivity index (χ0v) is 13.2. The van der Waals surface area contributed by atoms with Crippen molar-refractivity contribution in [1.82, 2.24) is 0 Å². The summed E-state index contributed by atoms with van der Waals surface area (Å²) in [5, 5.41) is 11.8. The molecule has 0 aliphatic rings. The van der Waals surface area contributed by atoms with E-state index >= 15 is 0 Å². The fourth-order valence-corrected chi connectivity index (χ4v) is 2.09.